The van der Waals surface area contributed by atoms with E-state index in [2.05, 4.69) is 4.99 Å². The van der Waals surface area contributed by atoms with Crippen LogP contribution in [0.5, 0.6) is 11.5 Å². The monoisotopic (exact) mass is 357 g/mol. The van der Waals surface area contributed by atoms with Crippen LogP contribution in [0.2, 0.25) is 0 Å². The van der Waals surface area contributed by atoms with Gasteiger partial charge in [0.15, 0.2) is 17.2 Å². The summed E-state index contributed by atoms with van der Waals surface area (Å²) in [5.74, 6) is 0.155. The van der Waals surface area contributed by atoms with E-state index in [1.165, 1.54) is 18.4 Å². The van der Waals surface area contributed by atoms with Gasteiger partial charge in [0, 0.05) is 6.42 Å². The Bertz CT molecular complexity index is 868. The standard InChI is InChI=1S/C18H15NO5S/c1-3-16(20)23-13-7-6-11(10-14(13)22-2)9-12-18(21)24-17(19-12)15-5-4-8-25-15/h4-10H,3H2,1-2H3/b12-9+. The van der Waals surface area contributed by atoms with Crippen molar-refractivity contribution in [1.29, 1.82) is 0 Å². The summed E-state index contributed by atoms with van der Waals surface area (Å²) in [7, 11) is 1.48. The fourth-order valence-corrected chi connectivity index (χ4v) is 2.77. The van der Waals surface area contributed by atoms with Gasteiger partial charge in [0.25, 0.3) is 0 Å². The molecular formula is C18H15NO5S. The lowest BCUT2D eigenvalue weighted by molar-refractivity contribution is -0.134. The maximum atomic E-state index is 12.0. The largest absolute Gasteiger partial charge is 0.493 e. The molecule has 2 aromatic rings. The van der Waals surface area contributed by atoms with E-state index < -0.39 is 5.97 Å². The zero-order valence-corrected chi connectivity index (χ0v) is 14.5. The molecule has 1 aliphatic rings. The summed E-state index contributed by atoms with van der Waals surface area (Å²) in [5.41, 5.74) is 0.875. The Morgan fingerprint density at radius 1 is 1.32 bits per heavy atom. The summed E-state index contributed by atoms with van der Waals surface area (Å²) in [6, 6.07) is 8.68. The minimum Gasteiger partial charge on any atom is -0.493 e. The average Bonchev–Trinajstić information content (AvgIpc) is 3.26. The molecule has 3 rings (SSSR count). The van der Waals surface area contributed by atoms with Gasteiger partial charge in [0.05, 0.1) is 12.0 Å². The molecule has 0 bridgehead atoms. The number of cyclic esters (lactones) is 1. The molecule has 1 aromatic carbocycles. The van der Waals surface area contributed by atoms with Crippen LogP contribution in [0.3, 0.4) is 0 Å². The lowest BCUT2D eigenvalue weighted by Crippen LogP contribution is -2.06. The van der Waals surface area contributed by atoms with Crippen molar-refractivity contribution in [3.63, 3.8) is 0 Å². The number of carbonyl (C=O) groups is 2. The van der Waals surface area contributed by atoms with Crippen LogP contribution in [0.4, 0.5) is 0 Å². The molecule has 1 aliphatic heterocycles. The number of rotatable bonds is 5. The first-order valence-electron chi connectivity index (χ1n) is 7.56. The lowest BCUT2D eigenvalue weighted by atomic mass is 10.1. The predicted molar refractivity (Wildman–Crippen MR) is 93.8 cm³/mol. The Kier molecular flexibility index (Phi) is 4.95. The molecule has 7 heteroatoms. The molecule has 0 spiro atoms. The van der Waals surface area contributed by atoms with Crippen LogP contribution in [0.15, 0.2) is 46.4 Å². The van der Waals surface area contributed by atoms with Crippen LogP contribution in [-0.2, 0) is 14.3 Å². The van der Waals surface area contributed by atoms with E-state index in [9.17, 15) is 9.59 Å². The molecule has 0 saturated carbocycles. The number of thiophene rings is 1. The fraction of sp³-hybridized carbons (Fsp3) is 0.167. The van der Waals surface area contributed by atoms with Gasteiger partial charge in [0.2, 0.25) is 5.90 Å². The van der Waals surface area contributed by atoms with E-state index in [-0.39, 0.29) is 18.1 Å². The van der Waals surface area contributed by atoms with Crippen molar-refractivity contribution >= 4 is 35.2 Å². The molecule has 1 aromatic heterocycles. The van der Waals surface area contributed by atoms with Gasteiger partial charge in [-0.3, -0.25) is 4.79 Å². The van der Waals surface area contributed by atoms with E-state index in [0.717, 1.165) is 4.88 Å². The number of hydrogen-bond acceptors (Lipinski definition) is 7. The van der Waals surface area contributed by atoms with Gasteiger partial charge < -0.3 is 14.2 Å². The molecule has 6 nitrogen and oxygen atoms in total. The van der Waals surface area contributed by atoms with Crippen LogP contribution in [0.25, 0.3) is 6.08 Å². The van der Waals surface area contributed by atoms with Crippen molar-refractivity contribution in [3.8, 4) is 11.5 Å². The minimum atomic E-state index is -0.510. The highest BCUT2D eigenvalue weighted by Crippen LogP contribution is 2.30. The second-order valence-electron chi connectivity index (χ2n) is 5.05. The number of methoxy groups -OCH3 is 1. The highest BCUT2D eigenvalue weighted by molar-refractivity contribution is 7.12. The summed E-state index contributed by atoms with van der Waals surface area (Å²) in [4.78, 5) is 28.5. The second-order valence-corrected chi connectivity index (χ2v) is 6.00. The van der Waals surface area contributed by atoms with E-state index in [4.69, 9.17) is 14.2 Å². The number of esters is 2. The van der Waals surface area contributed by atoms with E-state index in [1.807, 2.05) is 17.5 Å². The topological polar surface area (TPSA) is 74.2 Å². The maximum Gasteiger partial charge on any atom is 0.363 e. The third-order valence-corrected chi connectivity index (χ3v) is 4.21. The third kappa shape index (κ3) is 3.77. The van der Waals surface area contributed by atoms with Crippen molar-refractivity contribution in [2.24, 2.45) is 4.99 Å². The number of nitrogens with zero attached hydrogens (tertiary/aromatic N) is 1. The van der Waals surface area contributed by atoms with Crippen LogP contribution < -0.4 is 9.47 Å². The Morgan fingerprint density at radius 3 is 2.84 bits per heavy atom. The van der Waals surface area contributed by atoms with Crippen molar-refractivity contribution in [2.75, 3.05) is 7.11 Å². The third-order valence-electron chi connectivity index (χ3n) is 3.36. The van der Waals surface area contributed by atoms with Crippen molar-refractivity contribution in [2.45, 2.75) is 13.3 Å². The Hall–Kier alpha value is -2.93. The van der Waals surface area contributed by atoms with Crippen LogP contribution in [0, 0.1) is 0 Å². The van der Waals surface area contributed by atoms with Crippen LogP contribution in [0.1, 0.15) is 23.8 Å². The molecule has 0 amide bonds. The normalized spacial score (nSPS) is 15.0. The van der Waals surface area contributed by atoms with Gasteiger partial charge in [0.1, 0.15) is 0 Å². The number of ether oxygens (including phenoxy) is 3. The molecule has 128 valence electrons. The molecule has 25 heavy (non-hydrogen) atoms. The molecule has 0 fully saturated rings. The minimum absolute atomic E-state index is 0.198. The van der Waals surface area contributed by atoms with Gasteiger partial charge in [-0.1, -0.05) is 19.1 Å². The molecule has 0 radical (unpaired) electrons. The first-order valence-corrected chi connectivity index (χ1v) is 8.44. The van der Waals surface area contributed by atoms with Gasteiger partial charge in [-0.15, -0.1) is 11.3 Å². The van der Waals surface area contributed by atoms with Crippen molar-refractivity contribution in [3.05, 3.63) is 51.8 Å². The Morgan fingerprint density at radius 2 is 2.16 bits per heavy atom. The number of hydrogen-bond donors (Lipinski definition) is 0. The second kappa shape index (κ2) is 7.31. The zero-order valence-electron chi connectivity index (χ0n) is 13.6. The predicted octanol–water partition coefficient (Wildman–Crippen LogP) is 3.42. The molecule has 0 atom stereocenters. The maximum absolute atomic E-state index is 12.0. The SMILES string of the molecule is CCC(=O)Oc1ccc(/C=C2/N=C(c3cccs3)OC2=O)cc1OC. The van der Waals surface area contributed by atoms with Crippen LogP contribution >= 0.6 is 11.3 Å². The smallest absolute Gasteiger partial charge is 0.363 e. The van der Waals surface area contributed by atoms with Crippen molar-refractivity contribution in [1.82, 2.24) is 0 Å². The number of carbonyl (C=O) groups excluding carboxylic acids is 2. The van der Waals surface area contributed by atoms with Gasteiger partial charge in [-0.25, -0.2) is 9.79 Å². The Balaban J connectivity index is 1.88. The molecule has 0 aliphatic carbocycles. The first kappa shape index (κ1) is 16.9. The molecule has 0 N–H and O–H groups in total. The zero-order chi connectivity index (χ0) is 17.8. The Labute approximate surface area is 148 Å². The average molecular weight is 357 g/mol. The van der Waals surface area contributed by atoms with Gasteiger partial charge >= 0.3 is 11.9 Å². The summed E-state index contributed by atoms with van der Waals surface area (Å²) in [5, 5.41) is 1.88. The highest BCUT2D eigenvalue weighted by Gasteiger charge is 2.24. The summed E-state index contributed by atoms with van der Waals surface area (Å²) < 4.78 is 15.6. The van der Waals surface area contributed by atoms with Gasteiger partial charge in [-0.05, 0) is 35.2 Å². The molecule has 0 unspecified atom stereocenters. The van der Waals surface area contributed by atoms with Gasteiger partial charge in [-0.2, -0.15) is 0 Å². The van der Waals surface area contributed by atoms with Crippen LogP contribution in [-0.4, -0.2) is 24.9 Å². The lowest BCUT2D eigenvalue weighted by Gasteiger charge is -2.09. The number of benzene rings is 1. The van der Waals surface area contributed by atoms with E-state index >= 15 is 0 Å². The van der Waals surface area contributed by atoms with E-state index in [1.54, 1.807) is 31.2 Å². The summed E-state index contributed by atoms with van der Waals surface area (Å²) >= 11 is 1.44. The first-order chi connectivity index (χ1) is 12.1. The molecule has 2 heterocycles. The quantitative estimate of drug-likeness (QED) is 0.466. The number of aliphatic imine (C=N–C) groups is 1. The fourth-order valence-electron chi connectivity index (χ4n) is 2.13. The highest BCUT2D eigenvalue weighted by atomic mass is 32.1. The molecule has 0 saturated heterocycles. The summed E-state index contributed by atoms with van der Waals surface area (Å²) in [6.07, 6.45) is 1.86. The summed E-state index contributed by atoms with van der Waals surface area (Å²) in [6.45, 7) is 1.71. The molecular weight excluding hydrogens is 342 g/mol. The van der Waals surface area contributed by atoms with Crippen molar-refractivity contribution < 1.29 is 23.8 Å². The van der Waals surface area contributed by atoms with E-state index in [0.29, 0.717) is 23.0 Å².